The number of nitrogens with one attached hydrogen (secondary N) is 1. The molecule has 1 heterocycles. The third kappa shape index (κ3) is 7.65. The van der Waals surface area contributed by atoms with Crippen molar-refractivity contribution in [2.45, 2.75) is 10.8 Å². The molecule has 0 bridgehead atoms. The van der Waals surface area contributed by atoms with Crippen LogP contribution >= 0.6 is 35.3 Å². The van der Waals surface area contributed by atoms with E-state index in [1.165, 1.54) is 5.75 Å². The zero-order valence-corrected chi connectivity index (χ0v) is 10.6. The van der Waals surface area contributed by atoms with Gasteiger partial charge in [0.25, 0.3) is 0 Å². The molecule has 7 heteroatoms. The van der Waals surface area contributed by atoms with Crippen LogP contribution in [0.4, 0.5) is 13.2 Å². The zero-order valence-electron chi connectivity index (χ0n) is 8.18. The number of alkyl halides is 3. The van der Waals surface area contributed by atoms with E-state index in [0.29, 0.717) is 11.8 Å². The summed E-state index contributed by atoms with van der Waals surface area (Å²) >= 11 is 3.89. The molecule has 0 aromatic rings. The van der Waals surface area contributed by atoms with Crippen LogP contribution in [-0.2, 0) is 0 Å². The predicted molar refractivity (Wildman–Crippen MR) is 65.0 cm³/mol. The van der Waals surface area contributed by atoms with Gasteiger partial charge >= 0.3 is 5.51 Å². The second-order valence-electron chi connectivity index (χ2n) is 3.07. The fourth-order valence-corrected chi connectivity index (χ4v) is 4.28. The van der Waals surface area contributed by atoms with Crippen LogP contribution in [-0.4, -0.2) is 46.9 Å². The molecular formula is C8H14F3NS3. The lowest BCUT2D eigenvalue weighted by atomic mass is 10.4. The first-order valence-corrected chi connectivity index (χ1v) is 7.87. The van der Waals surface area contributed by atoms with E-state index >= 15 is 0 Å². The molecule has 1 aliphatic heterocycles. The van der Waals surface area contributed by atoms with Gasteiger partial charge in [-0.05, 0) is 11.8 Å². The molecule has 0 radical (unpaired) electrons. The van der Waals surface area contributed by atoms with Crippen molar-refractivity contribution >= 4 is 35.3 Å². The highest BCUT2D eigenvalue weighted by molar-refractivity contribution is 8.06. The molecule has 1 saturated heterocycles. The van der Waals surface area contributed by atoms with Crippen molar-refractivity contribution < 1.29 is 13.2 Å². The average molecular weight is 277 g/mol. The van der Waals surface area contributed by atoms with E-state index in [1.54, 1.807) is 0 Å². The molecule has 0 saturated carbocycles. The molecule has 0 amide bonds. The maximum Gasteiger partial charge on any atom is 0.441 e. The van der Waals surface area contributed by atoms with Crippen LogP contribution in [0.25, 0.3) is 0 Å². The molecule has 1 aliphatic rings. The molecular weight excluding hydrogens is 263 g/mol. The van der Waals surface area contributed by atoms with E-state index < -0.39 is 5.51 Å². The van der Waals surface area contributed by atoms with Gasteiger partial charge in [-0.1, -0.05) is 0 Å². The van der Waals surface area contributed by atoms with Crippen LogP contribution in [0.1, 0.15) is 0 Å². The minimum Gasteiger partial charge on any atom is -0.315 e. The maximum atomic E-state index is 11.8. The molecule has 1 unspecified atom stereocenters. The van der Waals surface area contributed by atoms with Gasteiger partial charge in [0.2, 0.25) is 0 Å². The van der Waals surface area contributed by atoms with Crippen LogP contribution in [0.5, 0.6) is 0 Å². The molecule has 1 rings (SSSR count). The fourth-order valence-electron chi connectivity index (χ4n) is 1.16. The van der Waals surface area contributed by atoms with Gasteiger partial charge in [-0.2, -0.15) is 36.7 Å². The first-order valence-electron chi connectivity index (χ1n) is 4.69. The van der Waals surface area contributed by atoms with Gasteiger partial charge in [0, 0.05) is 41.4 Å². The van der Waals surface area contributed by atoms with Crippen molar-refractivity contribution in [2.75, 3.05) is 36.1 Å². The summed E-state index contributed by atoms with van der Waals surface area (Å²) in [7, 11) is 0. The van der Waals surface area contributed by atoms with Gasteiger partial charge in [-0.3, -0.25) is 0 Å². The van der Waals surface area contributed by atoms with Gasteiger partial charge in [-0.15, -0.1) is 0 Å². The summed E-state index contributed by atoms with van der Waals surface area (Å²) in [5.74, 6) is 3.58. The number of thioether (sulfide) groups is 3. The second kappa shape index (κ2) is 7.19. The normalized spacial score (nSPS) is 23.0. The van der Waals surface area contributed by atoms with Crippen molar-refractivity contribution in [3.05, 3.63) is 0 Å². The first kappa shape index (κ1) is 13.9. The molecule has 0 aromatic heterocycles. The van der Waals surface area contributed by atoms with E-state index in [9.17, 15) is 13.2 Å². The van der Waals surface area contributed by atoms with E-state index in [-0.39, 0.29) is 17.5 Å². The average Bonchev–Trinajstić information content (AvgIpc) is 2.17. The Morgan fingerprint density at radius 2 is 2.13 bits per heavy atom. The van der Waals surface area contributed by atoms with Crippen LogP contribution in [0.3, 0.4) is 0 Å². The van der Waals surface area contributed by atoms with Crippen LogP contribution in [0.15, 0.2) is 0 Å². The van der Waals surface area contributed by atoms with Crippen molar-refractivity contribution in [1.82, 2.24) is 5.32 Å². The predicted octanol–water partition coefficient (Wildman–Crippen LogP) is 2.68. The minimum atomic E-state index is -4.09. The SMILES string of the molecule is FC(F)(F)SCCNCC1CSCCS1. The molecule has 0 spiro atoms. The van der Waals surface area contributed by atoms with Crippen molar-refractivity contribution in [3.63, 3.8) is 0 Å². The van der Waals surface area contributed by atoms with Crippen LogP contribution in [0, 0.1) is 0 Å². The van der Waals surface area contributed by atoms with E-state index in [0.717, 1.165) is 18.1 Å². The summed E-state index contributed by atoms with van der Waals surface area (Å²) in [6, 6.07) is 0. The lowest BCUT2D eigenvalue weighted by molar-refractivity contribution is -0.0327. The Labute approximate surface area is 101 Å². The largest absolute Gasteiger partial charge is 0.441 e. The van der Waals surface area contributed by atoms with Crippen molar-refractivity contribution in [3.8, 4) is 0 Å². The topological polar surface area (TPSA) is 12.0 Å². The van der Waals surface area contributed by atoms with Gasteiger partial charge < -0.3 is 5.32 Å². The second-order valence-corrected chi connectivity index (χ2v) is 6.78. The van der Waals surface area contributed by atoms with Gasteiger partial charge in [0.15, 0.2) is 0 Å². The Kier molecular flexibility index (Phi) is 6.64. The summed E-state index contributed by atoms with van der Waals surface area (Å²) in [5.41, 5.74) is -4.09. The number of hydrogen-bond donors (Lipinski definition) is 1. The molecule has 1 fully saturated rings. The molecule has 15 heavy (non-hydrogen) atoms. The summed E-state index contributed by atoms with van der Waals surface area (Å²) < 4.78 is 35.3. The molecule has 90 valence electrons. The smallest absolute Gasteiger partial charge is 0.315 e. The Bertz CT molecular complexity index is 171. The van der Waals surface area contributed by atoms with Crippen molar-refractivity contribution in [2.24, 2.45) is 0 Å². The Hall–Kier alpha value is 0.800. The van der Waals surface area contributed by atoms with Gasteiger partial charge in [-0.25, -0.2) is 0 Å². The fraction of sp³-hybridized carbons (Fsp3) is 1.00. The van der Waals surface area contributed by atoms with Crippen LogP contribution < -0.4 is 5.32 Å². The Morgan fingerprint density at radius 3 is 2.73 bits per heavy atom. The monoisotopic (exact) mass is 277 g/mol. The molecule has 1 N–H and O–H groups in total. The van der Waals surface area contributed by atoms with E-state index in [1.807, 2.05) is 23.5 Å². The highest BCUT2D eigenvalue weighted by atomic mass is 32.2. The zero-order chi connectivity index (χ0) is 11.1. The maximum absolute atomic E-state index is 11.8. The number of rotatable bonds is 5. The third-order valence-corrected chi connectivity index (χ3v) is 5.38. The van der Waals surface area contributed by atoms with Gasteiger partial charge in [0.05, 0.1) is 0 Å². The lowest BCUT2D eigenvalue weighted by Gasteiger charge is -2.21. The highest BCUT2D eigenvalue weighted by Gasteiger charge is 2.27. The quantitative estimate of drug-likeness (QED) is 0.775. The van der Waals surface area contributed by atoms with Crippen LogP contribution in [0.2, 0.25) is 0 Å². The standard InChI is InChI=1S/C8H14F3NS3/c9-8(10,11)15-2-1-12-5-7-6-13-3-4-14-7/h7,12H,1-6H2. The number of halogens is 3. The summed E-state index contributed by atoms with van der Waals surface area (Å²) in [6.45, 7) is 1.27. The lowest BCUT2D eigenvalue weighted by Crippen LogP contribution is -2.30. The molecule has 1 nitrogen and oxygen atoms in total. The molecule has 1 atom stereocenters. The first-order chi connectivity index (χ1) is 7.08. The third-order valence-electron chi connectivity index (χ3n) is 1.80. The summed E-state index contributed by atoms with van der Waals surface area (Å²) in [4.78, 5) is 0. The van der Waals surface area contributed by atoms with Gasteiger partial charge in [0.1, 0.15) is 0 Å². The molecule has 0 aliphatic carbocycles. The summed E-state index contributed by atoms with van der Waals surface area (Å²) in [6.07, 6.45) is 0. The summed E-state index contributed by atoms with van der Waals surface area (Å²) in [5, 5.41) is 3.64. The highest BCUT2D eigenvalue weighted by Crippen LogP contribution is 2.29. The van der Waals surface area contributed by atoms with E-state index in [2.05, 4.69) is 5.32 Å². The minimum absolute atomic E-state index is 0.0457. The molecule has 0 aromatic carbocycles. The Balaban J connectivity index is 1.92. The Morgan fingerprint density at radius 1 is 1.33 bits per heavy atom. The number of hydrogen-bond acceptors (Lipinski definition) is 4. The van der Waals surface area contributed by atoms with Crippen molar-refractivity contribution in [1.29, 1.82) is 0 Å². The van der Waals surface area contributed by atoms with E-state index in [4.69, 9.17) is 0 Å².